The predicted octanol–water partition coefficient (Wildman–Crippen LogP) is 1.50. The van der Waals surface area contributed by atoms with Crippen molar-refractivity contribution in [2.24, 2.45) is 5.73 Å². The van der Waals surface area contributed by atoms with Crippen LogP contribution in [0, 0.1) is 0 Å². The number of nitrogens with one attached hydrogen (secondary N) is 1. The van der Waals surface area contributed by atoms with Crippen LogP contribution in [0.2, 0.25) is 0 Å². The second-order valence-electron chi connectivity index (χ2n) is 4.30. The standard InChI is InChI=1S/C12H17BrN2O2/c1-16-11(17-2)8-3-4-9(10(13)5-8)12(14)6-15-7-12/h3-5,11,15H,6-7,14H2,1-2H3. The number of halogens is 1. The molecule has 94 valence electrons. The van der Waals surface area contributed by atoms with Gasteiger partial charge in [0, 0.05) is 37.3 Å². The van der Waals surface area contributed by atoms with Crippen LogP contribution in [-0.2, 0) is 15.0 Å². The van der Waals surface area contributed by atoms with Crippen molar-refractivity contribution in [3.63, 3.8) is 0 Å². The fourth-order valence-electron chi connectivity index (χ4n) is 2.03. The van der Waals surface area contributed by atoms with Crippen LogP contribution in [0.4, 0.5) is 0 Å². The van der Waals surface area contributed by atoms with E-state index in [0.29, 0.717) is 0 Å². The highest BCUT2D eigenvalue weighted by molar-refractivity contribution is 9.10. The van der Waals surface area contributed by atoms with E-state index in [1.165, 1.54) is 0 Å². The van der Waals surface area contributed by atoms with Crippen molar-refractivity contribution in [1.82, 2.24) is 5.32 Å². The highest BCUT2D eigenvalue weighted by Crippen LogP contribution is 2.32. The Hall–Kier alpha value is -0.460. The minimum atomic E-state index is -0.339. The summed E-state index contributed by atoms with van der Waals surface area (Å²) in [7, 11) is 3.24. The van der Waals surface area contributed by atoms with Crippen LogP contribution in [-0.4, -0.2) is 27.3 Å². The topological polar surface area (TPSA) is 56.5 Å². The van der Waals surface area contributed by atoms with E-state index < -0.39 is 0 Å². The maximum Gasteiger partial charge on any atom is 0.183 e. The van der Waals surface area contributed by atoms with Gasteiger partial charge in [0.15, 0.2) is 6.29 Å². The summed E-state index contributed by atoms with van der Waals surface area (Å²) in [6, 6.07) is 6.02. The van der Waals surface area contributed by atoms with Gasteiger partial charge in [-0.25, -0.2) is 0 Å². The Morgan fingerprint density at radius 1 is 1.35 bits per heavy atom. The average molecular weight is 301 g/mol. The van der Waals surface area contributed by atoms with Crippen molar-refractivity contribution >= 4 is 15.9 Å². The third-order valence-electron chi connectivity index (χ3n) is 3.11. The average Bonchev–Trinajstić information content (AvgIpc) is 2.28. The number of hydrogen-bond donors (Lipinski definition) is 2. The maximum atomic E-state index is 6.26. The summed E-state index contributed by atoms with van der Waals surface area (Å²) < 4.78 is 11.4. The van der Waals surface area contributed by atoms with E-state index in [-0.39, 0.29) is 11.8 Å². The van der Waals surface area contributed by atoms with Gasteiger partial charge in [-0.05, 0) is 11.6 Å². The van der Waals surface area contributed by atoms with Crippen LogP contribution in [0.25, 0.3) is 0 Å². The molecule has 1 fully saturated rings. The van der Waals surface area contributed by atoms with Crippen LogP contribution in [0.15, 0.2) is 22.7 Å². The second-order valence-corrected chi connectivity index (χ2v) is 5.16. The van der Waals surface area contributed by atoms with E-state index in [0.717, 1.165) is 28.7 Å². The van der Waals surface area contributed by atoms with Crippen molar-refractivity contribution in [2.75, 3.05) is 27.3 Å². The van der Waals surface area contributed by atoms with Gasteiger partial charge < -0.3 is 20.5 Å². The normalized spacial score (nSPS) is 18.2. The molecule has 1 aromatic carbocycles. The van der Waals surface area contributed by atoms with E-state index in [1.807, 2.05) is 18.2 Å². The first-order valence-corrected chi connectivity index (χ1v) is 6.25. The first kappa shape index (κ1) is 13.0. The van der Waals surface area contributed by atoms with Crippen LogP contribution >= 0.6 is 15.9 Å². The first-order chi connectivity index (χ1) is 8.10. The van der Waals surface area contributed by atoms with Gasteiger partial charge >= 0.3 is 0 Å². The Morgan fingerprint density at radius 2 is 2.00 bits per heavy atom. The third kappa shape index (κ3) is 2.39. The number of nitrogens with two attached hydrogens (primary N) is 1. The number of benzene rings is 1. The molecular weight excluding hydrogens is 284 g/mol. The van der Waals surface area contributed by atoms with Gasteiger partial charge in [0.25, 0.3) is 0 Å². The van der Waals surface area contributed by atoms with Gasteiger partial charge in [0.05, 0.1) is 5.54 Å². The molecule has 3 N–H and O–H groups in total. The molecule has 1 aliphatic rings. The summed E-state index contributed by atoms with van der Waals surface area (Å²) in [6.45, 7) is 1.62. The summed E-state index contributed by atoms with van der Waals surface area (Å²) in [4.78, 5) is 0. The van der Waals surface area contributed by atoms with Crippen molar-refractivity contribution in [1.29, 1.82) is 0 Å². The number of hydrogen-bond acceptors (Lipinski definition) is 4. The highest BCUT2D eigenvalue weighted by atomic mass is 79.9. The van der Waals surface area contributed by atoms with Gasteiger partial charge in [-0.2, -0.15) is 0 Å². The Kier molecular flexibility index (Phi) is 3.85. The fraction of sp³-hybridized carbons (Fsp3) is 0.500. The maximum absolute atomic E-state index is 6.26. The zero-order chi connectivity index (χ0) is 12.5. The van der Waals surface area contributed by atoms with Crippen LogP contribution in [0.5, 0.6) is 0 Å². The second kappa shape index (κ2) is 5.04. The summed E-state index contributed by atoms with van der Waals surface area (Å²) >= 11 is 3.57. The Balaban J connectivity index is 2.28. The molecule has 0 saturated carbocycles. The minimum absolute atomic E-state index is 0.257. The molecule has 1 aliphatic heterocycles. The monoisotopic (exact) mass is 300 g/mol. The van der Waals surface area contributed by atoms with Crippen molar-refractivity contribution < 1.29 is 9.47 Å². The lowest BCUT2D eigenvalue weighted by Crippen LogP contribution is -2.62. The van der Waals surface area contributed by atoms with Crippen LogP contribution in [0.1, 0.15) is 17.4 Å². The number of rotatable bonds is 4. The SMILES string of the molecule is COC(OC)c1ccc(C2(N)CNC2)c(Br)c1. The zero-order valence-corrected chi connectivity index (χ0v) is 11.6. The lowest BCUT2D eigenvalue weighted by Gasteiger charge is -2.40. The van der Waals surface area contributed by atoms with Crippen molar-refractivity contribution in [3.8, 4) is 0 Å². The smallest absolute Gasteiger partial charge is 0.183 e. The third-order valence-corrected chi connectivity index (χ3v) is 3.77. The number of methoxy groups -OCH3 is 2. The van der Waals surface area contributed by atoms with Gasteiger partial charge in [-0.3, -0.25) is 0 Å². The molecular formula is C12H17BrN2O2. The van der Waals surface area contributed by atoms with Crippen molar-refractivity contribution in [3.05, 3.63) is 33.8 Å². The van der Waals surface area contributed by atoms with Gasteiger partial charge in [-0.15, -0.1) is 0 Å². The van der Waals surface area contributed by atoms with Gasteiger partial charge in [0.2, 0.25) is 0 Å². The molecule has 1 saturated heterocycles. The first-order valence-electron chi connectivity index (χ1n) is 5.46. The molecule has 1 aromatic rings. The van der Waals surface area contributed by atoms with E-state index >= 15 is 0 Å². The fourth-order valence-corrected chi connectivity index (χ4v) is 2.83. The molecule has 1 heterocycles. The zero-order valence-electron chi connectivity index (χ0n) is 10.00. The van der Waals surface area contributed by atoms with Crippen molar-refractivity contribution in [2.45, 2.75) is 11.8 Å². The quantitative estimate of drug-likeness (QED) is 0.828. The lowest BCUT2D eigenvalue weighted by atomic mass is 9.85. The Morgan fingerprint density at radius 3 is 2.41 bits per heavy atom. The van der Waals surface area contributed by atoms with Crippen LogP contribution in [0.3, 0.4) is 0 Å². The van der Waals surface area contributed by atoms with Gasteiger partial charge in [0.1, 0.15) is 0 Å². The predicted molar refractivity (Wildman–Crippen MR) is 69.6 cm³/mol. The summed E-state index contributed by atoms with van der Waals surface area (Å²) in [6.07, 6.45) is -0.339. The largest absolute Gasteiger partial charge is 0.352 e. The summed E-state index contributed by atoms with van der Waals surface area (Å²) in [5, 5.41) is 3.19. The molecule has 5 heteroatoms. The molecule has 0 aromatic heterocycles. The van der Waals surface area contributed by atoms with E-state index in [4.69, 9.17) is 15.2 Å². The van der Waals surface area contributed by atoms with E-state index in [2.05, 4.69) is 21.2 Å². The summed E-state index contributed by atoms with van der Waals surface area (Å²) in [5.41, 5.74) is 8.09. The lowest BCUT2D eigenvalue weighted by molar-refractivity contribution is -0.106. The summed E-state index contributed by atoms with van der Waals surface area (Å²) in [5.74, 6) is 0. The molecule has 0 atom stereocenters. The minimum Gasteiger partial charge on any atom is -0.352 e. The molecule has 0 amide bonds. The molecule has 0 radical (unpaired) electrons. The van der Waals surface area contributed by atoms with Crippen LogP contribution < -0.4 is 11.1 Å². The Labute approximate surface area is 110 Å². The Bertz CT molecular complexity index is 403. The van der Waals surface area contributed by atoms with Gasteiger partial charge in [-0.1, -0.05) is 28.1 Å². The molecule has 2 rings (SSSR count). The van der Waals surface area contributed by atoms with E-state index in [9.17, 15) is 0 Å². The molecule has 4 nitrogen and oxygen atoms in total. The molecule has 0 unspecified atom stereocenters. The number of ether oxygens (including phenoxy) is 2. The molecule has 17 heavy (non-hydrogen) atoms. The molecule has 0 bridgehead atoms. The molecule has 0 aliphatic carbocycles. The molecule has 0 spiro atoms. The highest BCUT2D eigenvalue weighted by Gasteiger charge is 2.35. The van der Waals surface area contributed by atoms with E-state index in [1.54, 1.807) is 14.2 Å².